The molecule has 4 heteroatoms. The molecule has 0 aromatic heterocycles. The maximum atomic E-state index is 11.9. The molecular formula is C12H18N2O2. The fourth-order valence-corrected chi connectivity index (χ4v) is 2.56. The van der Waals surface area contributed by atoms with Gasteiger partial charge in [-0.3, -0.25) is 9.69 Å². The summed E-state index contributed by atoms with van der Waals surface area (Å²) < 4.78 is 5.30. The van der Waals surface area contributed by atoms with Gasteiger partial charge in [-0.25, -0.2) is 0 Å². The van der Waals surface area contributed by atoms with Crippen molar-refractivity contribution in [2.24, 2.45) is 0 Å². The minimum Gasteiger partial charge on any atom is -0.361 e. The number of morpholine rings is 1. The molecule has 0 spiro atoms. The SMILES string of the molecule is N#CC1CN(C2CCCCCC2=O)CCO1. The zero-order chi connectivity index (χ0) is 11.4. The van der Waals surface area contributed by atoms with Crippen molar-refractivity contribution < 1.29 is 9.53 Å². The van der Waals surface area contributed by atoms with Gasteiger partial charge >= 0.3 is 0 Å². The van der Waals surface area contributed by atoms with Crippen LogP contribution >= 0.6 is 0 Å². The Hall–Kier alpha value is -0.920. The Morgan fingerprint density at radius 2 is 2.25 bits per heavy atom. The van der Waals surface area contributed by atoms with E-state index in [4.69, 9.17) is 10.00 Å². The van der Waals surface area contributed by atoms with Crippen molar-refractivity contribution in [1.82, 2.24) is 4.90 Å². The molecular weight excluding hydrogens is 204 g/mol. The van der Waals surface area contributed by atoms with E-state index in [-0.39, 0.29) is 12.1 Å². The monoisotopic (exact) mass is 222 g/mol. The van der Waals surface area contributed by atoms with Crippen molar-refractivity contribution >= 4 is 5.78 Å². The number of rotatable bonds is 1. The lowest BCUT2D eigenvalue weighted by Crippen LogP contribution is -2.50. The van der Waals surface area contributed by atoms with E-state index in [1.807, 2.05) is 0 Å². The van der Waals surface area contributed by atoms with Crippen LogP contribution in [0.15, 0.2) is 0 Å². The molecule has 1 heterocycles. The molecule has 2 rings (SSSR count). The largest absolute Gasteiger partial charge is 0.361 e. The van der Waals surface area contributed by atoms with Crippen molar-refractivity contribution in [2.45, 2.75) is 44.2 Å². The first kappa shape index (κ1) is 11.6. The smallest absolute Gasteiger partial charge is 0.156 e. The van der Waals surface area contributed by atoms with Crippen molar-refractivity contribution in [3.8, 4) is 6.07 Å². The standard InChI is InChI=1S/C12H18N2O2/c13-8-10-9-14(6-7-16-10)11-4-2-1-3-5-12(11)15/h10-11H,1-7,9H2. The summed E-state index contributed by atoms with van der Waals surface area (Å²) >= 11 is 0. The molecule has 2 fully saturated rings. The molecule has 1 aliphatic heterocycles. The van der Waals surface area contributed by atoms with Crippen LogP contribution in [0.2, 0.25) is 0 Å². The highest BCUT2D eigenvalue weighted by atomic mass is 16.5. The normalized spacial score (nSPS) is 33.1. The van der Waals surface area contributed by atoms with Gasteiger partial charge in [-0.15, -0.1) is 0 Å². The summed E-state index contributed by atoms with van der Waals surface area (Å²) in [6.07, 6.45) is 4.63. The fourth-order valence-electron chi connectivity index (χ4n) is 2.56. The van der Waals surface area contributed by atoms with Gasteiger partial charge in [0.25, 0.3) is 0 Å². The zero-order valence-corrected chi connectivity index (χ0v) is 9.52. The summed E-state index contributed by atoms with van der Waals surface area (Å²) in [5, 5.41) is 8.84. The predicted octanol–water partition coefficient (Wildman–Crippen LogP) is 1.11. The van der Waals surface area contributed by atoms with Crippen molar-refractivity contribution in [3.63, 3.8) is 0 Å². The highest BCUT2D eigenvalue weighted by Gasteiger charge is 2.31. The van der Waals surface area contributed by atoms with Crippen LogP contribution in [0.4, 0.5) is 0 Å². The number of hydrogen-bond acceptors (Lipinski definition) is 4. The lowest BCUT2D eigenvalue weighted by Gasteiger charge is -2.35. The molecule has 1 aliphatic carbocycles. The molecule has 16 heavy (non-hydrogen) atoms. The zero-order valence-electron chi connectivity index (χ0n) is 9.52. The first-order valence-corrected chi connectivity index (χ1v) is 6.09. The van der Waals surface area contributed by atoms with E-state index in [9.17, 15) is 4.79 Å². The van der Waals surface area contributed by atoms with Gasteiger partial charge in [0.2, 0.25) is 0 Å². The van der Waals surface area contributed by atoms with Crippen LogP contribution in [-0.4, -0.2) is 42.5 Å². The van der Waals surface area contributed by atoms with E-state index in [1.165, 1.54) is 0 Å². The second-order valence-electron chi connectivity index (χ2n) is 4.56. The van der Waals surface area contributed by atoms with E-state index >= 15 is 0 Å². The Morgan fingerprint density at radius 1 is 1.38 bits per heavy atom. The molecule has 2 aliphatic rings. The average Bonchev–Trinajstić information content (AvgIpc) is 2.54. The van der Waals surface area contributed by atoms with Gasteiger partial charge in [-0.2, -0.15) is 5.26 Å². The minimum atomic E-state index is -0.357. The number of carbonyl (C=O) groups excluding carboxylic acids is 1. The summed E-state index contributed by atoms with van der Waals surface area (Å²) in [7, 11) is 0. The maximum Gasteiger partial charge on any atom is 0.156 e. The minimum absolute atomic E-state index is 0.0437. The molecule has 1 saturated heterocycles. The summed E-state index contributed by atoms with van der Waals surface area (Å²) in [5.74, 6) is 0.357. The van der Waals surface area contributed by atoms with Crippen molar-refractivity contribution in [1.29, 1.82) is 5.26 Å². The lowest BCUT2D eigenvalue weighted by molar-refractivity contribution is -0.126. The second kappa shape index (κ2) is 5.42. The van der Waals surface area contributed by atoms with Gasteiger partial charge in [0.05, 0.1) is 18.7 Å². The second-order valence-corrected chi connectivity index (χ2v) is 4.56. The Morgan fingerprint density at radius 3 is 3.06 bits per heavy atom. The van der Waals surface area contributed by atoms with E-state index in [1.54, 1.807) is 0 Å². The number of Topliss-reactive ketones (excluding diaryl/α,β-unsaturated/α-hetero) is 1. The molecule has 0 aromatic rings. The highest BCUT2D eigenvalue weighted by Crippen LogP contribution is 2.21. The Labute approximate surface area is 96.2 Å². The molecule has 4 nitrogen and oxygen atoms in total. The summed E-state index contributed by atoms with van der Waals surface area (Å²) in [6.45, 7) is 1.95. The number of nitrogens with zero attached hydrogens (tertiary/aromatic N) is 2. The molecule has 2 atom stereocenters. The number of ketones is 1. The maximum absolute atomic E-state index is 11.9. The van der Waals surface area contributed by atoms with Crippen LogP contribution in [0.3, 0.4) is 0 Å². The van der Waals surface area contributed by atoms with E-state index < -0.39 is 0 Å². The van der Waals surface area contributed by atoms with Gasteiger partial charge in [0.1, 0.15) is 5.78 Å². The average molecular weight is 222 g/mol. The van der Waals surface area contributed by atoms with Crippen LogP contribution in [0.5, 0.6) is 0 Å². The molecule has 1 saturated carbocycles. The van der Waals surface area contributed by atoms with Gasteiger partial charge in [0.15, 0.2) is 6.10 Å². The molecule has 0 bridgehead atoms. The van der Waals surface area contributed by atoms with E-state index in [0.29, 0.717) is 25.4 Å². The summed E-state index contributed by atoms with van der Waals surface area (Å²) in [4.78, 5) is 14.1. The van der Waals surface area contributed by atoms with Crippen LogP contribution < -0.4 is 0 Å². The number of ether oxygens (including phenoxy) is 1. The number of hydrogen-bond donors (Lipinski definition) is 0. The van der Waals surface area contributed by atoms with Gasteiger partial charge in [-0.1, -0.05) is 12.8 Å². The molecule has 0 N–H and O–H groups in total. The molecule has 0 amide bonds. The third kappa shape index (κ3) is 2.60. The van der Waals surface area contributed by atoms with Gasteiger partial charge < -0.3 is 4.74 Å². The Balaban J connectivity index is 1.99. The fraction of sp³-hybridized carbons (Fsp3) is 0.833. The van der Waals surface area contributed by atoms with Crippen molar-refractivity contribution in [3.05, 3.63) is 0 Å². The molecule has 2 unspecified atom stereocenters. The third-order valence-electron chi connectivity index (χ3n) is 3.46. The summed E-state index contributed by atoms with van der Waals surface area (Å²) in [5.41, 5.74) is 0. The molecule has 0 radical (unpaired) electrons. The van der Waals surface area contributed by atoms with Crippen LogP contribution in [0.25, 0.3) is 0 Å². The first-order valence-electron chi connectivity index (χ1n) is 6.09. The van der Waals surface area contributed by atoms with Crippen LogP contribution in [0.1, 0.15) is 32.1 Å². The quantitative estimate of drug-likeness (QED) is 0.624. The van der Waals surface area contributed by atoms with E-state index in [2.05, 4.69) is 11.0 Å². The number of carbonyl (C=O) groups is 1. The van der Waals surface area contributed by atoms with E-state index in [0.717, 1.165) is 32.2 Å². The van der Waals surface area contributed by atoms with Crippen LogP contribution in [0, 0.1) is 11.3 Å². The highest BCUT2D eigenvalue weighted by molar-refractivity contribution is 5.84. The molecule has 0 aromatic carbocycles. The van der Waals surface area contributed by atoms with Crippen molar-refractivity contribution in [2.75, 3.05) is 19.7 Å². The Kier molecular flexibility index (Phi) is 3.92. The topological polar surface area (TPSA) is 53.3 Å². The number of nitriles is 1. The molecule has 88 valence electrons. The van der Waals surface area contributed by atoms with Gasteiger partial charge in [-0.05, 0) is 12.8 Å². The summed E-state index contributed by atoms with van der Waals surface area (Å²) in [6, 6.07) is 2.17. The Bertz CT molecular complexity index is 298. The third-order valence-corrected chi connectivity index (χ3v) is 3.46. The van der Waals surface area contributed by atoms with Gasteiger partial charge in [0, 0.05) is 19.5 Å². The van der Waals surface area contributed by atoms with Crippen LogP contribution in [-0.2, 0) is 9.53 Å². The lowest BCUT2D eigenvalue weighted by atomic mass is 10.0. The first-order chi connectivity index (χ1) is 7.81. The predicted molar refractivity (Wildman–Crippen MR) is 58.8 cm³/mol.